The molecule has 9 aromatic carbocycles. The van der Waals surface area contributed by atoms with Gasteiger partial charge in [0.15, 0.2) is 12.6 Å². The quantitative estimate of drug-likeness (QED) is 0.0330. The monoisotopic (exact) mass is 1420 g/mol. The first-order valence-corrected chi connectivity index (χ1v) is 38.2. The normalized spacial score (nSPS) is 20.9. The average Bonchev–Trinajstić information content (AvgIpc) is 0.771. The molecule has 0 spiro atoms. The Labute approximate surface area is 600 Å². The molecule has 102 heavy (non-hydrogen) atoms. The third kappa shape index (κ3) is 23.9. The van der Waals surface area contributed by atoms with Crippen molar-refractivity contribution in [2.45, 2.75) is 160 Å². The molecule has 9 aromatic rings. The van der Waals surface area contributed by atoms with Gasteiger partial charge in [0.05, 0.1) is 79.3 Å². The van der Waals surface area contributed by atoms with Crippen LogP contribution in [0.1, 0.15) is 89.6 Å². The Morgan fingerprint density at radius 1 is 0.304 bits per heavy atom. The highest BCUT2D eigenvalue weighted by molar-refractivity contribution is 7.48. The van der Waals surface area contributed by atoms with E-state index < -0.39 is 77.1 Å². The molecule has 0 saturated carbocycles. The maximum atomic E-state index is 16.5. The lowest BCUT2D eigenvalue weighted by Gasteiger charge is -2.50. The number of rotatable bonds is 42. The summed E-state index contributed by atoms with van der Waals surface area (Å²) in [6.45, 7) is 4.00. The number of hydrogen-bond donors (Lipinski definition) is 0. The van der Waals surface area contributed by atoms with Crippen molar-refractivity contribution in [1.82, 2.24) is 0 Å². The second-order valence-electron chi connectivity index (χ2n) is 25.3. The van der Waals surface area contributed by atoms with Crippen LogP contribution in [0.5, 0.6) is 0 Å². The number of phosphoric ester groups is 2. The van der Waals surface area contributed by atoms with Gasteiger partial charge in [0, 0.05) is 0 Å². The van der Waals surface area contributed by atoms with Crippen LogP contribution in [0.2, 0.25) is 0 Å². The summed E-state index contributed by atoms with van der Waals surface area (Å²) in [5.41, 5.74) is 6.97. The zero-order valence-electron chi connectivity index (χ0n) is 58.0. The van der Waals surface area contributed by atoms with Crippen LogP contribution in [0.4, 0.5) is 0 Å². The van der Waals surface area contributed by atoms with Crippen molar-refractivity contribution in [2.24, 2.45) is 5.92 Å². The lowest BCUT2D eigenvalue weighted by atomic mass is 9.96. The van der Waals surface area contributed by atoms with Gasteiger partial charge in [0.2, 0.25) is 0 Å². The van der Waals surface area contributed by atoms with Gasteiger partial charge in [0.25, 0.3) is 0 Å². The first-order valence-electron chi connectivity index (χ1n) is 35.3. The van der Waals surface area contributed by atoms with Crippen molar-refractivity contribution in [3.8, 4) is 0 Å². The molecule has 0 unspecified atom stereocenters. The maximum absolute atomic E-state index is 16.5. The van der Waals surface area contributed by atoms with E-state index in [0.29, 0.717) is 28.9 Å². The van der Waals surface area contributed by atoms with Gasteiger partial charge in [-0.3, -0.25) is 27.1 Å². The van der Waals surface area contributed by atoms with Crippen LogP contribution in [-0.4, -0.2) is 81.2 Å². The van der Waals surface area contributed by atoms with Crippen molar-refractivity contribution >= 4 is 15.6 Å². The molecule has 2 aliphatic rings. The van der Waals surface area contributed by atoms with Gasteiger partial charge >= 0.3 is 15.6 Å². The second kappa shape index (κ2) is 40.8. The zero-order valence-corrected chi connectivity index (χ0v) is 59.8. The van der Waals surface area contributed by atoms with Crippen molar-refractivity contribution in [2.75, 3.05) is 19.8 Å². The highest BCUT2D eigenvalue weighted by Gasteiger charge is 2.58. The lowest BCUT2D eigenvalue weighted by Crippen LogP contribution is -2.66. The molecule has 0 radical (unpaired) electrons. The SMILES string of the molecule is CCCC(CCC)CO[C@@H]1O[C@H](COCc2ccccc2)[C@@H](O[C@@H]2O[C@H](COCc3ccccc3)[C@H](OP(=O)(OCc3ccccc3)OCc3ccccc3)[C@H](OP(=O)(OCc3ccccc3)OCc3ccccc3)[C@H]2OCc2ccccc2)[C@H](OCc2ccccc2)[C@H]1OCc1ccccc1. The highest BCUT2D eigenvalue weighted by Crippen LogP contribution is 2.58. The molecule has 0 aromatic heterocycles. The zero-order chi connectivity index (χ0) is 70.3. The first-order chi connectivity index (χ1) is 50.2. The van der Waals surface area contributed by atoms with E-state index in [0.717, 1.165) is 53.5 Å². The summed E-state index contributed by atoms with van der Waals surface area (Å²) in [4.78, 5) is 0. The van der Waals surface area contributed by atoms with Gasteiger partial charge < -0.3 is 42.6 Å². The van der Waals surface area contributed by atoms with E-state index in [2.05, 4.69) is 13.8 Å². The molecule has 2 aliphatic heterocycles. The predicted molar refractivity (Wildman–Crippen MR) is 389 cm³/mol. The molecule has 10 atom stereocenters. The van der Waals surface area contributed by atoms with E-state index in [9.17, 15) is 0 Å². The summed E-state index contributed by atoms with van der Waals surface area (Å²) in [6, 6.07) is 85.8. The second-order valence-corrected chi connectivity index (χ2v) is 28.6. The Balaban J connectivity index is 1.08. The van der Waals surface area contributed by atoms with Gasteiger partial charge in [0.1, 0.15) is 48.8 Å². The van der Waals surface area contributed by atoms with Gasteiger partial charge in [-0.15, -0.1) is 0 Å². The smallest absolute Gasteiger partial charge is 0.374 e. The first kappa shape index (κ1) is 76.0. The molecule has 2 fully saturated rings. The number of ether oxygens (including phenoxy) is 9. The van der Waals surface area contributed by atoms with E-state index in [1.165, 1.54) is 0 Å². The van der Waals surface area contributed by atoms with Gasteiger partial charge in [-0.25, -0.2) is 9.13 Å². The van der Waals surface area contributed by atoms with Crippen LogP contribution >= 0.6 is 15.6 Å². The molecule has 0 amide bonds. The Morgan fingerprint density at radius 3 is 0.912 bits per heavy atom. The van der Waals surface area contributed by atoms with Crippen LogP contribution in [0.25, 0.3) is 0 Å². The van der Waals surface area contributed by atoms with E-state index >= 15 is 9.13 Å². The topological polar surface area (TPSA) is 173 Å². The highest BCUT2D eigenvalue weighted by atomic mass is 31.2. The van der Waals surface area contributed by atoms with Crippen LogP contribution in [-0.2, 0) is 138 Å². The molecule has 0 N–H and O–H groups in total. The Morgan fingerprint density at radius 2 is 0.578 bits per heavy atom. The van der Waals surface area contributed by atoms with E-state index in [1.807, 2.05) is 273 Å². The Hall–Kier alpha value is -7.16. The Kier molecular flexibility index (Phi) is 30.4. The third-order valence-electron chi connectivity index (χ3n) is 17.4. The van der Waals surface area contributed by atoms with E-state index in [-0.39, 0.29) is 78.6 Å². The van der Waals surface area contributed by atoms with E-state index in [4.69, 9.17) is 69.8 Å². The summed E-state index contributed by atoms with van der Waals surface area (Å²) in [7, 11) is -9.81. The van der Waals surface area contributed by atoms with Gasteiger partial charge in [-0.2, -0.15) is 0 Å². The average molecular weight is 1430 g/mol. The molecular formula is C83H94O17P2. The van der Waals surface area contributed by atoms with Crippen molar-refractivity contribution < 1.29 is 78.9 Å². The van der Waals surface area contributed by atoms with Crippen LogP contribution < -0.4 is 0 Å². The minimum atomic E-state index is -4.94. The largest absolute Gasteiger partial charge is 0.475 e. The summed E-state index contributed by atoms with van der Waals surface area (Å²) in [5, 5.41) is 0. The fraction of sp³-hybridized carbons (Fsp3) is 0.349. The Bertz CT molecular complexity index is 3740. The molecule has 2 heterocycles. The van der Waals surface area contributed by atoms with Crippen molar-refractivity contribution in [3.63, 3.8) is 0 Å². The molecule has 538 valence electrons. The number of hydrogen-bond acceptors (Lipinski definition) is 17. The van der Waals surface area contributed by atoms with Crippen LogP contribution in [0, 0.1) is 5.92 Å². The van der Waals surface area contributed by atoms with Crippen molar-refractivity contribution in [1.29, 1.82) is 0 Å². The van der Waals surface area contributed by atoms with Gasteiger partial charge in [-0.1, -0.05) is 300 Å². The third-order valence-corrected chi connectivity index (χ3v) is 20.2. The lowest BCUT2D eigenvalue weighted by molar-refractivity contribution is -0.372. The number of phosphoric acid groups is 2. The number of benzene rings is 9. The van der Waals surface area contributed by atoms with Crippen LogP contribution in [0.15, 0.2) is 273 Å². The molecular weight excluding hydrogens is 1330 g/mol. The fourth-order valence-corrected chi connectivity index (χ4v) is 14.9. The minimum absolute atomic E-state index is 0.0442. The summed E-state index contributed by atoms with van der Waals surface area (Å²) in [5.74, 6) is 0.224. The summed E-state index contributed by atoms with van der Waals surface area (Å²) < 4.78 is 138. The summed E-state index contributed by atoms with van der Waals surface area (Å²) >= 11 is 0. The molecule has 0 aliphatic carbocycles. The standard InChI is InChI=1S/C83H94O17P2/c1-3-32-64(33-4-2)57-91-82-80(89-55-68-40-20-8-21-41-68)78(88-54-67-38-18-7-19-39-67)76(74(96-82)62-86-52-65-34-14-5-15-35-65)98-83-81(90-56-69-42-22-9-23-43-69)79(100-102(85,94-60-72-48-28-12-29-49-72)95-61-73-50-30-13-31-51-73)77(75(97-83)63-87-53-66-36-16-6-17-37-66)99-101(84,92-58-70-44-24-10-25-45-70)93-59-71-46-26-11-27-47-71/h5-31,34-51,64,74-83H,3-4,32-33,52-63H2,1-2H3/t74-,75-,76-,77+,78+,79+,80-,81-,82-,83+/m1/s1. The molecule has 2 saturated heterocycles. The summed E-state index contributed by atoms with van der Waals surface area (Å²) in [6.07, 6.45) is -9.12. The van der Waals surface area contributed by atoms with E-state index in [1.54, 1.807) is 0 Å². The van der Waals surface area contributed by atoms with Gasteiger partial charge in [-0.05, 0) is 68.8 Å². The predicted octanol–water partition coefficient (Wildman–Crippen LogP) is 18.1. The van der Waals surface area contributed by atoms with Crippen LogP contribution in [0.3, 0.4) is 0 Å². The fourth-order valence-electron chi connectivity index (χ4n) is 12.2. The molecule has 17 nitrogen and oxygen atoms in total. The maximum Gasteiger partial charge on any atom is 0.475 e. The van der Waals surface area contributed by atoms with Crippen molar-refractivity contribution in [3.05, 3.63) is 323 Å². The minimum Gasteiger partial charge on any atom is -0.374 e. The molecule has 19 heteroatoms. The molecule has 11 rings (SSSR count). The molecule has 0 bridgehead atoms.